The Morgan fingerprint density at radius 3 is 1.45 bits per heavy atom. The molecule has 0 N–H and O–H groups in total. The summed E-state index contributed by atoms with van der Waals surface area (Å²) < 4.78 is 114. The van der Waals surface area contributed by atoms with Crippen LogP contribution in [-0.4, -0.2) is 129 Å². The van der Waals surface area contributed by atoms with E-state index in [1.165, 1.54) is 43.4 Å². The van der Waals surface area contributed by atoms with Crippen LogP contribution in [0.2, 0.25) is 36.3 Å². The molecular formula is C51H71F3N4O15S2Si2. The smallest absolute Gasteiger partial charge is 0.496 e. The molecule has 3 aromatic rings. The molecule has 2 heterocycles. The number of rotatable bonds is 17. The third-order valence-electron chi connectivity index (χ3n) is 14.6. The molecule has 0 aromatic heterocycles. The highest BCUT2D eigenvalue weighted by Gasteiger charge is 2.50. The van der Waals surface area contributed by atoms with Crippen molar-refractivity contribution in [3.05, 3.63) is 114 Å². The van der Waals surface area contributed by atoms with Crippen molar-refractivity contribution in [3.63, 3.8) is 0 Å². The number of amides is 2. The van der Waals surface area contributed by atoms with Crippen LogP contribution in [-0.2, 0) is 33.0 Å². The van der Waals surface area contributed by atoms with Crippen LogP contribution in [0.1, 0.15) is 98.7 Å². The molecule has 2 aliphatic rings. The van der Waals surface area contributed by atoms with Crippen LogP contribution in [0.3, 0.4) is 0 Å². The van der Waals surface area contributed by atoms with Crippen molar-refractivity contribution in [3.8, 4) is 11.5 Å². The van der Waals surface area contributed by atoms with E-state index >= 15 is 0 Å². The number of aryl methyl sites for hydroxylation is 2. The highest BCUT2D eigenvalue weighted by atomic mass is 32.2. The Balaban J connectivity index is 0.000000334. The maximum Gasteiger partial charge on any atom is 0.534 e. The Kier molecular flexibility index (Phi) is 20.0. The molecule has 0 spiro atoms. The Morgan fingerprint density at radius 2 is 1.09 bits per heavy atom. The van der Waals surface area contributed by atoms with E-state index in [0.717, 1.165) is 17.2 Å². The molecule has 0 radical (unpaired) electrons. The second-order valence-electron chi connectivity index (χ2n) is 21.8. The number of benzene rings is 3. The third kappa shape index (κ3) is 15.1. The molecule has 2 aliphatic heterocycles. The molecule has 0 fully saturated rings. The average molecular weight is 1160 g/mol. The Morgan fingerprint density at radius 1 is 0.688 bits per heavy atom. The van der Waals surface area contributed by atoms with Gasteiger partial charge >= 0.3 is 15.6 Å². The molecule has 0 aliphatic carbocycles. The predicted molar refractivity (Wildman–Crippen MR) is 290 cm³/mol. The summed E-state index contributed by atoms with van der Waals surface area (Å²) >= 11 is 0. The highest BCUT2D eigenvalue weighted by molar-refractivity contribution is 7.91. The van der Waals surface area contributed by atoms with Gasteiger partial charge in [0, 0.05) is 43.8 Å². The van der Waals surface area contributed by atoms with Gasteiger partial charge in [0.1, 0.15) is 28.4 Å². The van der Waals surface area contributed by atoms with Crippen molar-refractivity contribution in [2.45, 2.75) is 134 Å². The summed E-state index contributed by atoms with van der Waals surface area (Å²) in [6, 6.07) is 10.7. The first kappa shape index (κ1) is 63.9. The topological polar surface area (TPSA) is 241 Å². The second kappa shape index (κ2) is 24.1. The molecule has 2 amide bonds. The molecule has 0 bridgehead atoms. The SMILES string of the molecule is CCS(=O)(=O)c1ccc(C2=CCN(C(=O)c3cc(OC)c(C)cc3[N+](=O)[O-])[C@H](CO[Si](C)(C)C(C)(C)C)C2)cc1.COc1cc(C(=O)N2CC=C(OS(=O)(=O)C(F)(F)F)C[C@H]2CO[Si](C)(C)C(C)(C)C)c([N+](=O)[O-])cc1C. The van der Waals surface area contributed by atoms with E-state index in [1.807, 2.05) is 39.9 Å². The van der Waals surface area contributed by atoms with Crippen molar-refractivity contribution in [1.29, 1.82) is 0 Å². The lowest BCUT2D eigenvalue weighted by Gasteiger charge is -2.41. The van der Waals surface area contributed by atoms with Gasteiger partial charge in [-0.3, -0.25) is 29.8 Å². The quantitative estimate of drug-likeness (QED) is 0.0401. The maximum atomic E-state index is 13.9. The van der Waals surface area contributed by atoms with Crippen LogP contribution in [0.25, 0.3) is 5.57 Å². The normalized spacial score (nSPS) is 16.9. The van der Waals surface area contributed by atoms with Gasteiger partial charge < -0.3 is 32.3 Å². The largest absolute Gasteiger partial charge is 0.534 e. The summed E-state index contributed by atoms with van der Waals surface area (Å²) in [5.74, 6) is -1.10. The number of hydrogen-bond donors (Lipinski definition) is 0. The van der Waals surface area contributed by atoms with E-state index in [-0.39, 0.29) is 75.6 Å². The number of nitro benzene ring substituents is 2. The van der Waals surface area contributed by atoms with Crippen molar-refractivity contribution >= 4 is 65.4 Å². The van der Waals surface area contributed by atoms with E-state index in [4.69, 9.17) is 18.3 Å². The van der Waals surface area contributed by atoms with E-state index < -0.39 is 87.7 Å². The first-order valence-electron chi connectivity index (χ1n) is 24.5. The third-order valence-corrected chi connectivity index (χ3v) is 26.3. The van der Waals surface area contributed by atoms with Crippen molar-refractivity contribution in [2.24, 2.45) is 0 Å². The monoisotopic (exact) mass is 1160 g/mol. The number of nitro groups is 2. The molecule has 2 atom stereocenters. The summed E-state index contributed by atoms with van der Waals surface area (Å²) in [6.45, 7) is 25.3. The fraction of sp³-hybridized carbons (Fsp3) is 0.529. The predicted octanol–water partition coefficient (Wildman–Crippen LogP) is 10.9. The second-order valence-corrected chi connectivity index (χ2v) is 35.2. The summed E-state index contributed by atoms with van der Waals surface area (Å²) in [7, 11) is -11.0. The van der Waals surface area contributed by atoms with Gasteiger partial charge in [0.05, 0.1) is 60.0 Å². The van der Waals surface area contributed by atoms with Crippen molar-refractivity contribution in [1.82, 2.24) is 9.80 Å². The minimum absolute atomic E-state index is 0.0227. The zero-order valence-corrected chi connectivity index (χ0v) is 49.9. The molecule has 0 unspecified atom stereocenters. The van der Waals surface area contributed by atoms with Gasteiger partial charge in [-0.2, -0.15) is 21.6 Å². The van der Waals surface area contributed by atoms with Gasteiger partial charge in [-0.15, -0.1) is 0 Å². The maximum absolute atomic E-state index is 13.9. The number of hydrogen-bond acceptors (Lipinski definition) is 15. The van der Waals surface area contributed by atoms with E-state index in [9.17, 15) is 59.8 Å². The highest BCUT2D eigenvalue weighted by Crippen LogP contribution is 2.41. The number of alkyl halides is 3. The Labute approximate surface area is 451 Å². The first-order chi connectivity index (χ1) is 35.2. The van der Waals surface area contributed by atoms with Gasteiger partial charge in [0.2, 0.25) is 0 Å². The summed E-state index contributed by atoms with van der Waals surface area (Å²) in [5.41, 5.74) is -3.87. The van der Waals surface area contributed by atoms with Gasteiger partial charge in [-0.1, -0.05) is 66.7 Å². The molecular weight excluding hydrogens is 1090 g/mol. The van der Waals surface area contributed by atoms with Gasteiger partial charge in [0.15, 0.2) is 26.5 Å². The van der Waals surface area contributed by atoms with Crippen LogP contribution in [0.15, 0.2) is 71.3 Å². The number of nitrogens with zero attached hydrogens (tertiary/aromatic N) is 4. The van der Waals surface area contributed by atoms with Gasteiger partial charge in [-0.25, -0.2) is 8.42 Å². The minimum Gasteiger partial charge on any atom is -0.496 e. The van der Waals surface area contributed by atoms with Crippen LogP contribution in [0.4, 0.5) is 24.5 Å². The molecule has 0 saturated heterocycles. The van der Waals surface area contributed by atoms with E-state index in [1.54, 1.807) is 49.9 Å². The zero-order chi connectivity index (χ0) is 58.6. The van der Waals surface area contributed by atoms with Crippen LogP contribution in [0.5, 0.6) is 11.5 Å². The van der Waals surface area contributed by atoms with E-state index in [0.29, 0.717) is 23.3 Å². The Bertz CT molecular complexity index is 3010. The first-order valence-corrected chi connectivity index (χ1v) is 33.4. The number of methoxy groups -OCH3 is 2. The lowest BCUT2D eigenvalue weighted by Crippen LogP contribution is -2.50. The van der Waals surface area contributed by atoms with Gasteiger partial charge in [0.25, 0.3) is 23.2 Å². The van der Waals surface area contributed by atoms with Crippen molar-refractivity contribution in [2.75, 3.05) is 46.3 Å². The van der Waals surface area contributed by atoms with Crippen molar-refractivity contribution < 1.29 is 72.0 Å². The number of carbonyl (C=O) groups excluding carboxylic acids is 2. The fourth-order valence-electron chi connectivity index (χ4n) is 7.69. The lowest BCUT2D eigenvalue weighted by molar-refractivity contribution is -0.385. The summed E-state index contributed by atoms with van der Waals surface area (Å²) in [5, 5.41) is 23.3. The van der Waals surface area contributed by atoms with Crippen LogP contribution < -0.4 is 9.47 Å². The molecule has 26 heteroatoms. The number of carbonyl (C=O) groups is 2. The fourth-order valence-corrected chi connectivity index (χ4v) is 11.2. The average Bonchev–Trinajstić information content (AvgIpc) is 3.33. The number of halogens is 3. The molecule has 19 nitrogen and oxygen atoms in total. The molecule has 0 saturated carbocycles. The zero-order valence-electron chi connectivity index (χ0n) is 46.2. The molecule has 5 rings (SSSR count). The number of sulfone groups is 1. The summed E-state index contributed by atoms with van der Waals surface area (Å²) in [4.78, 5) is 52.8. The minimum atomic E-state index is -5.92. The van der Waals surface area contributed by atoms with Gasteiger partial charge in [-0.05, 0) is 97.0 Å². The van der Waals surface area contributed by atoms with E-state index in [2.05, 4.69) is 38.0 Å². The van der Waals surface area contributed by atoms with Crippen LogP contribution >= 0.6 is 0 Å². The molecule has 426 valence electrons. The standard InChI is InChI=1S/C29H40N2O7SSi.C22H31F3N2O8SSi/c1-9-39(35,36)24-12-10-21(11-13-24)22-14-15-30(23(17-22)19-38-40(7,8)29(3,4)5)28(32)25-18-27(37-6)20(2)16-26(25)31(33)34;1-14-10-18(27(29)30)17(12-19(14)33-5)20(28)26-9-8-16(35-36(31,32)22(23,24)25)11-15(26)13-34-37(6,7)21(2,3)4/h10-14,16,18,23H,9,15,17,19H2,1-8H3;8,10,12,15H,9,11,13H2,1-7H3/t23-;15-/m00/s1. The van der Waals surface area contributed by atoms with Crippen LogP contribution in [0, 0.1) is 34.1 Å². The number of ether oxygens (including phenoxy) is 2. The Hall–Kier alpha value is -5.68. The molecule has 77 heavy (non-hydrogen) atoms. The lowest BCUT2D eigenvalue weighted by atomic mass is 9.93. The molecule has 3 aromatic carbocycles. The summed E-state index contributed by atoms with van der Waals surface area (Å²) in [6.07, 6.45) is 2.99.